The second-order valence-electron chi connectivity index (χ2n) is 16.8. The molecule has 0 aliphatic rings. The standard InChI is InChI=1S/C26H68O8Si9/c1-25(2)26(27)28-23-22-24-43(21,41(17,18)33-39(13,14)31-37(9,10)29-35(3,4)5)42(19,20)34-40(15,16)32-38(11,12)30-36(6,7)8/h1,22-24H2,2-21H3. The summed E-state index contributed by atoms with van der Waals surface area (Å²) in [6.07, 6.45) is 0.769. The van der Waals surface area contributed by atoms with E-state index < -0.39 is 73.7 Å². The molecule has 0 bridgehead atoms. The van der Waals surface area contributed by atoms with Crippen LogP contribution < -0.4 is 0 Å². The van der Waals surface area contributed by atoms with Crippen molar-refractivity contribution in [3.05, 3.63) is 12.2 Å². The van der Waals surface area contributed by atoms with Crippen molar-refractivity contribution < 1.29 is 34.2 Å². The molecule has 0 aromatic rings. The van der Waals surface area contributed by atoms with Crippen LogP contribution in [0.15, 0.2) is 12.2 Å². The fraction of sp³-hybridized carbons (Fsp3) is 0.885. The van der Waals surface area contributed by atoms with Gasteiger partial charge in [-0.1, -0.05) is 19.2 Å². The Bertz CT molecular complexity index is 899. The lowest BCUT2D eigenvalue weighted by Crippen LogP contribution is -2.78. The van der Waals surface area contributed by atoms with Crippen molar-refractivity contribution >= 4 is 79.6 Å². The molecule has 0 amide bonds. The van der Waals surface area contributed by atoms with E-state index in [0.717, 1.165) is 12.5 Å². The van der Waals surface area contributed by atoms with Crippen LogP contribution in [0, 0.1) is 0 Å². The normalized spacial score (nSPS) is 15.1. The topological polar surface area (TPSA) is 81.7 Å². The maximum absolute atomic E-state index is 12.1. The molecular formula is C26H68O8Si9. The van der Waals surface area contributed by atoms with Crippen LogP contribution in [-0.2, 0) is 34.2 Å². The Morgan fingerprint density at radius 1 is 0.512 bits per heavy atom. The van der Waals surface area contributed by atoms with Crippen molar-refractivity contribution in [1.82, 2.24) is 0 Å². The Morgan fingerprint density at radius 3 is 1.09 bits per heavy atom. The summed E-state index contributed by atoms with van der Waals surface area (Å²) >= 11 is 0. The molecular weight excluding hydrogens is 693 g/mol. The van der Waals surface area contributed by atoms with Gasteiger partial charge in [0.1, 0.15) is 0 Å². The highest BCUT2D eigenvalue weighted by Crippen LogP contribution is 2.39. The highest BCUT2D eigenvalue weighted by molar-refractivity contribution is 7.67. The van der Waals surface area contributed by atoms with Gasteiger partial charge in [0.2, 0.25) is 0 Å². The molecule has 0 aliphatic carbocycles. The Morgan fingerprint density at radius 2 is 0.814 bits per heavy atom. The molecule has 0 spiro atoms. The number of rotatable bonds is 19. The molecule has 17 heteroatoms. The minimum absolute atomic E-state index is 0.336. The van der Waals surface area contributed by atoms with Crippen molar-refractivity contribution in [2.24, 2.45) is 0 Å². The van der Waals surface area contributed by atoms with Gasteiger partial charge in [-0.2, -0.15) is 0 Å². The molecule has 0 aliphatic heterocycles. The van der Waals surface area contributed by atoms with Gasteiger partial charge in [0, 0.05) is 5.57 Å². The molecule has 43 heavy (non-hydrogen) atoms. The van der Waals surface area contributed by atoms with E-state index in [-0.39, 0.29) is 5.97 Å². The first-order valence-electron chi connectivity index (χ1n) is 15.6. The summed E-state index contributed by atoms with van der Waals surface area (Å²) in [6, 6.07) is 0.947. The Balaban J connectivity index is 6.41. The lowest BCUT2D eigenvalue weighted by atomic mass is 10.4. The molecule has 0 radical (unpaired) electrons. The first-order valence-corrected chi connectivity index (χ1v) is 44.2. The van der Waals surface area contributed by atoms with Crippen molar-refractivity contribution in [3.8, 4) is 0 Å². The molecule has 0 aromatic heterocycles. The van der Waals surface area contributed by atoms with Crippen LogP contribution in [0.25, 0.3) is 0 Å². The molecule has 8 nitrogen and oxygen atoms in total. The maximum atomic E-state index is 12.1. The predicted molar refractivity (Wildman–Crippen MR) is 205 cm³/mol. The molecule has 0 rings (SSSR count). The van der Waals surface area contributed by atoms with E-state index in [1.54, 1.807) is 6.92 Å². The van der Waals surface area contributed by atoms with Crippen LogP contribution in [0.5, 0.6) is 0 Å². The molecule has 0 atom stereocenters. The second-order valence-corrected chi connectivity index (χ2v) is 65.9. The Kier molecular flexibility index (Phi) is 15.3. The average Bonchev–Trinajstić information content (AvgIpc) is 2.62. The summed E-state index contributed by atoms with van der Waals surface area (Å²) in [7, 11) is -20.5. The summed E-state index contributed by atoms with van der Waals surface area (Å²) in [6.45, 7) is 48.2. The average molecular weight is 762 g/mol. The van der Waals surface area contributed by atoms with Crippen LogP contribution in [0.4, 0.5) is 0 Å². The Labute approximate surface area is 275 Å². The molecule has 0 aromatic carbocycles. The van der Waals surface area contributed by atoms with Crippen molar-refractivity contribution in [1.29, 1.82) is 0 Å². The van der Waals surface area contributed by atoms with E-state index in [1.165, 1.54) is 0 Å². The molecule has 0 heterocycles. The summed E-state index contributed by atoms with van der Waals surface area (Å²) in [5.41, 5.74) is 0.422. The minimum Gasteiger partial charge on any atom is -0.462 e. The molecule has 256 valence electrons. The van der Waals surface area contributed by atoms with E-state index in [4.69, 9.17) is 29.4 Å². The van der Waals surface area contributed by atoms with Crippen LogP contribution >= 0.6 is 0 Å². The maximum Gasteiger partial charge on any atom is 0.333 e. The van der Waals surface area contributed by atoms with Gasteiger partial charge in [-0.25, -0.2) is 4.79 Å². The number of ether oxygens (including phenoxy) is 1. The number of hydrogen-bond donors (Lipinski definition) is 0. The fourth-order valence-corrected chi connectivity index (χ4v) is 78.1. The number of carbonyl (C=O) groups excluding carboxylic acids is 1. The molecule has 0 saturated heterocycles. The summed E-state index contributed by atoms with van der Waals surface area (Å²) in [4.78, 5) is 12.1. The largest absolute Gasteiger partial charge is 0.462 e. The van der Waals surface area contributed by atoms with Gasteiger partial charge in [0.25, 0.3) is 0 Å². The highest BCUT2D eigenvalue weighted by Gasteiger charge is 2.61. The fourth-order valence-electron chi connectivity index (χ4n) is 6.24. The van der Waals surface area contributed by atoms with Gasteiger partial charge < -0.3 is 29.4 Å². The van der Waals surface area contributed by atoms with Crippen LogP contribution in [0.1, 0.15) is 13.3 Å². The highest BCUT2D eigenvalue weighted by atomic mass is 29.7. The third-order valence-electron chi connectivity index (χ3n) is 7.15. The third kappa shape index (κ3) is 16.0. The molecule has 0 fully saturated rings. The predicted octanol–water partition coefficient (Wildman–Crippen LogP) is 8.72. The molecule has 0 saturated carbocycles. The van der Waals surface area contributed by atoms with Crippen LogP contribution in [0.3, 0.4) is 0 Å². The minimum atomic E-state index is -2.57. The zero-order valence-corrected chi connectivity index (χ0v) is 40.6. The van der Waals surface area contributed by atoms with Gasteiger partial charge in [-0.3, -0.25) is 0 Å². The number of carbonyl (C=O) groups is 1. The smallest absolute Gasteiger partial charge is 0.333 e. The summed E-state index contributed by atoms with van der Waals surface area (Å²) in [5.74, 6) is -0.336. The zero-order chi connectivity index (χ0) is 34.7. The first-order chi connectivity index (χ1) is 18.6. The van der Waals surface area contributed by atoms with Gasteiger partial charge in [-0.05, 0) is 131 Å². The quantitative estimate of drug-likeness (QED) is 0.0560. The second kappa shape index (κ2) is 15.0. The van der Waals surface area contributed by atoms with E-state index in [9.17, 15) is 4.79 Å². The van der Waals surface area contributed by atoms with Gasteiger partial charge in [0.15, 0.2) is 32.3 Å². The zero-order valence-electron chi connectivity index (χ0n) is 31.6. The van der Waals surface area contributed by atoms with Gasteiger partial charge in [-0.15, -0.1) is 0 Å². The number of esters is 1. The van der Waals surface area contributed by atoms with Crippen molar-refractivity contribution in [2.45, 2.75) is 144 Å². The van der Waals surface area contributed by atoms with E-state index in [0.29, 0.717) is 12.2 Å². The Hall–Kier alpha value is 0.922. The van der Waals surface area contributed by atoms with E-state index >= 15 is 0 Å². The van der Waals surface area contributed by atoms with E-state index in [1.807, 2.05) is 0 Å². The lowest BCUT2D eigenvalue weighted by Gasteiger charge is -2.54. The number of hydrogen-bond acceptors (Lipinski definition) is 8. The SMILES string of the molecule is C=C(C)C(=O)OCCC[Si](C)([Si](C)(C)O[Si](C)(C)O[Si](C)(C)O[Si](C)(C)C)[Si](C)(C)O[Si](C)(C)O[Si](C)(C)O[Si](C)(C)C. The lowest BCUT2D eigenvalue weighted by molar-refractivity contribution is -0.138. The van der Waals surface area contributed by atoms with Crippen LogP contribution in [0.2, 0.25) is 130 Å². The van der Waals surface area contributed by atoms with Crippen molar-refractivity contribution in [3.63, 3.8) is 0 Å². The van der Waals surface area contributed by atoms with E-state index in [2.05, 4.69) is 131 Å². The van der Waals surface area contributed by atoms with Crippen LogP contribution in [-0.4, -0.2) is 86.2 Å². The summed E-state index contributed by atoms with van der Waals surface area (Å²) < 4.78 is 46.9. The summed E-state index contributed by atoms with van der Waals surface area (Å²) in [5, 5.41) is 0. The molecule has 0 unspecified atom stereocenters. The first kappa shape index (κ1) is 43.9. The van der Waals surface area contributed by atoms with Crippen molar-refractivity contribution in [2.75, 3.05) is 6.61 Å². The third-order valence-corrected chi connectivity index (χ3v) is 68.7. The van der Waals surface area contributed by atoms with Gasteiger partial charge in [0.05, 0.1) is 13.7 Å². The monoisotopic (exact) mass is 760 g/mol. The molecule has 0 N–H and O–H groups in total. The van der Waals surface area contributed by atoms with Gasteiger partial charge >= 0.3 is 40.2 Å².